The molecule has 1 N–H and O–H groups in total. The van der Waals surface area contributed by atoms with Crippen molar-refractivity contribution in [1.29, 1.82) is 0 Å². The van der Waals surface area contributed by atoms with Gasteiger partial charge in [-0.3, -0.25) is 4.79 Å². The minimum atomic E-state index is -0.0952. The number of benzene rings is 1. The SMILES string of the molecule is COc1ccccc1N1CCN(/C=C2\SC(=S)NC2=O)CC1. The van der Waals surface area contributed by atoms with Crippen LogP contribution >= 0.6 is 24.0 Å². The molecule has 0 saturated carbocycles. The van der Waals surface area contributed by atoms with Crippen molar-refractivity contribution in [3.8, 4) is 5.75 Å². The van der Waals surface area contributed by atoms with Crippen LogP contribution in [0.15, 0.2) is 35.4 Å². The summed E-state index contributed by atoms with van der Waals surface area (Å²) in [6.45, 7) is 3.51. The van der Waals surface area contributed by atoms with Crippen molar-refractivity contribution >= 4 is 39.9 Å². The molecule has 0 aromatic heterocycles. The van der Waals surface area contributed by atoms with Crippen LogP contribution in [0.2, 0.25) is 0 Å². The van der Waals surface area contributed by atoms with Crippen molar-refractivity contribution in [2.45, 2.75) is 0 Å². The van der Waals surface area contributed by atoms with E-state index in [9.17, 15) is 4.79 Å². The Kier molecular flexibility index (Phi) is 4.54. The molecule has 2 fully saturated rings. The molecule has 2 aliphatic heterocycles. The summed E-state index contributed by atoms with van der Waals surface area (Å²) in [5.74, 6) is 0.799. The van der Waals surface area contributed by atoms with Gasteiger partial charge in [-0.1, -0.05) is 36.1 Å². The number of nitrogens with one attached hydrogen (secondary N) is 1. The van der Waals surface area contributed by atoms with Crippen LogP contribution in [0.1, 0.15) is 0 Å². The van der Waals surface area contributed by atoms with Crippen LogP contribution in [0, 0.1) is 0 Å². The number of amides is 1. The molecule has 116 valence electrons. The summed E-state index contributed by atoms with van der Waals surface area (Å²) >= 11 is 6.33. The van der Waals surface area contributed by atoms with Crippen molar-refractivity contribution < 1.29 is 9.53 Å². The normalized spacial score (nSPS) is 20.5. The molecule has 0 unspecified atom stereocenters. The minimum absolute atomic E-state index is 0.0952. The number of piperazine rings is 1. The van der Waals surface area contributed by atoms with Crippen LogP contribution in [-0.4, -0.2) is 48.4 Å². The van der Waals surface area contributed by atoms with Gasteiger partial charge in [-0.2, -0.15) is 0 Å². The second-order valence-electron chi connectivity index (χ2n) is 5.03. The van der Waals surface area contributed by atoms with Gasteiger partial charge in [0, 0.05) is 32.4 Å². The molecule has 2 saturated heterocycles. The molecule has 1 amide bonds. The maximum absolute atomic E-state index is 11.7. The molecule has 3 rings (SSSR count). The highest BCUT2D eigenvalue weighted by molar-refractivity contribution is 8.26. The van der Waals surface area contributed by atoms with Crippen LogP contribution in [-0.2, 0) is 4.79 Å². The lowest BCUT2D eigenvalue weighted by Gasteiger charge is -2.36. The Morgan fingerprint density at radius 1 is 1.27 bits per heavy atom. The summed E-state index contributed by atoms with van der Waals surface area (Å²) in [6.07, 6.45) is 1.92. The lowest BCUT2D eigenvalue weighted by atomic mass is 10.2. The molecule has 5 nitrogen and oxygen atoms in total. The number of methoxy groups -OCH3 is 1. The number of thiocarbonyl (C=S) groups is 1. The molecule has 0 atom stereocenters. The molecule has 7 heteroatoms. The van der Waals surface area contributed by atoms with Crippen molar-refractivity contribution in [1.82, 2.24) is 10.2 Å². The van der Waals surface area contributed by atoms with Crippen molar-refractivity contribution in [3.05, 3.63) is 35.4 Å². The Hall–Kier alpha value is -1.73. The van der Waals surface area contributed by atoms with Gasteiger partial charge in [0.15, 0.2) is 0 Å². The van der Waals surface area contributed by atoms with E-state index in [1.807, 2.05) is 24.4 Å². The maximum atomic E-state index is 11.7. The summed E-state index contributed by atoms with van der Waals surface area (Å²) in [7, 11) is 1.69. The first-order chi connectivity index (χ1) is 10.7. The molecule has 22 heavy (non-hydrogen) atoms. The van der Waals surface area contributed by atoms with Crippen LogP contribution < -0.4 is 15.0 Å². The zero-order valence-electron chi connectivity index (χ0n) is 12.2. The lowest BCUT2D eigenvalue weighted by molar-refractivity contribution is -0.115. The van der Waals surface area contributed by atoms with E-state index in [1.54, 1.807) is 7.11 Å². The first kappa shape index (κ1) is 15.2. The first-order valence-corrected chi connectivity index (χ1v) is 8.27. The summed E-state index contributed by atoms with van der Waals surface area (Å²) in [5, 5.41) is 2.64. The smallest absolute Gasteiger partial charge is 0.265 e. The van der Waals surface area contributed by atoms with Gasteiger partial charge in [-0.05, 0) is 12.1 Å². The quantitative estimate of drug-likeness (QED) is 0.671. The fourth-order valence-corrected chi connectivity index (χ4v) is 3.61. The fourth-order valence-electron chi connectivity index (χ4n) is 2.56. The minimum Gasteiger partial charge on any atom is -0.495 e. The molecule has 0 aliphatic carbocycles. The highest BCUT2D eigenvalue weighted by Gasteiger charge is 2.24. The molecule has 2 heterocycles. The average Bonchev–Trinajstić information content (AvgIpc) is 2.85. The topological polar surface area (TPSA) is 44.8 Å². The molecule has 1 aromatic rings. The standard InChI is InChI=1S/C15H17N3O2S2/c1-20-12-5-3-2-4-11(12)18-8-6-17(7-9-18)10-13-14(19)16-15(21)22-13/h2-5,10H,6-9H2,1H3,(H,16,19,21)/b13-10-. The average molecular weight is 335 g/mol. The summed E-state index contributed by atoms with van der Waals surface area (Å²) in [4.78, 5) is 16.8. The third-order valence-corrected chi connectivity index (χ3v) is 4.83. The number of carbonyl (C=O) groups excluding carboxylic acids is 1. The van der Waals surface area contributed by atoms with Crippen molar-refractivity contribution in [2.75, 3.05) is 38.2 Å². The molecule has 0 spiro atoms. The van der Waals surface area contributed by atoms with E-state index in [1.165, 1.54) is 11.8 Å². The molecule has 0 radical (unpaired) electrons. The zero-order chi connectivity index (χ0) is 15.5. The lowest BCUT2D eigenvalue weighted by Crippen LogP contribution is -2.44. The molecule has 0 bridgehead atoms. The monoisotopic (exact) mass is 335 g/mol. The number of ether oxygens (including phenoxy) is 1. The summed E-state index contributed by atoms with van der Waals surface area (Å²) in [5.41, 5.74) is 1.12. The number of anilines is 1. The number of hydrogen-bond donors (Lipinski definition) is 1. The molecule has 2 aliphatic rings. The van der Waals surface area contributed by atoms with Gasteiger partial charge >= 0.3 is 0 Å². The first-order valence-electron chi connectivity index (χ1n) is 7.04. The van der Waals surface area contributed by atoms with Crippen LogP contribution in [0.3, 0.4) is 0 Å². The van der Waals surface area contributed by atoms with E-state index in [4.69, 9.17) is 17.0 Å². The van der Waals surface area contributed by atoms with Crippen molar-refractivity contribution in [3.63, 3.8) is 0 Å². The molecular formula is C15H17N3O2S2. The number of carbonyl (C=O) groups is 1. The van der Waals surface area contributed by atoms with Crippen LogP contribution in [0.5, 0.6) is 5.75 Å². The van der Waals surface area contributed by atoms with Gasteiger partial charge in [0.25, 0.3) is 5.91 Å². The maximum Gasteiger partial charge on any atom is 0.265 e. The Labute approximate surface area is 139 Å². The van der Waals surface area contributed by atoms with Gasteiger partial charge < -0.3 is 19.9 Å². The Bertz CT molecular complexity index is 625. The van der Waals surface area contributed by atoms with Gasteiger partial charge in [0.05, 0.1) is 17.7 Å². The number of hydrogen-bond acceptors (Lipinski definition) is 6. The van der Waals surface area contributed by atoms with E-state index >= 15 is 0 Å². The predicted octanol–water partition coefficient (Wildman–Crippen LogP) is 1.81. The van der Waals surface area contributed by atoms with Gasteiger partial charge in [0.2, 0.25) is 0 Å². The Morgan fingerprint density at radius 2 is 2.00 bits per heavy atom. The molecular weight excluding hydrogens is 318 g/mol. The van der Waals surface area contributed by atoms with Gasteiger partial charge in [0.1, 0.15) is 10.1 Å². The number of para-hydroxylation sites is 2. The Morgan fingerprint density at radius 3 is 2.64 bits per heavy atom. The summed E-state index contributed by atoms with van der Waals surface area (Å²) < 4.78 is 5.95. The van der Waals surface area contributed by atoms with E-state index in [2.05, 4.69) is 21.2 Å². The Balaban J connectivity index is 1.64. The largest absolute Gasteiger partial charge is 0.495 e. The van der Waals surface area contributed by atoms with Crippen molar-refractivity contribution in [2.24, 2.45) is 0 Å². The number of rotatable bonds is 3. The van der Waals surface area contributed by atoms with Gasteiger partial charge in [-0.25, -0.2) is 0 Å². The highest BCUT2D eigenvalue weighted by Crippen LogP contribution is 2.29. The zero-order valence-corrected chi connectivity index (χ0v) is 13.9. The van der Waals surface area contributed by atoms with E-state index in [0.717, 1.165) is 37.6 Å². The summed E-state index contributed by atoms with van der Waals surface area (Å²) in [6, 6.07) is 8.05. The van der Waals surface area contributed by atoms with E-state index < -0.39 is 0 Å². The van der Waals surface area contributed by atoms with Crippen LogP contribution in [0.25, 0.3) is 0 Å². The third-order valence-electron chi connectivity index (χ3n) is 3.68. The second kappa shape index (κ2) is 6.58. The van der Waals surface area contributed by atoms with E-state index in [-0.39, 0.29) is 5.91 Å². The molecule has 1 aromatic carbocycles. The number of thioether (sulfide) groups is 1. The van der Waals surface area contributed by atoms with Gasteiger partial charge in [-0.15, -0.1) is 0 Å². The fraction of sp³-hybridized carbons (Fsp3) is 0.333. The van der Waals surface area contributed by atoms with E-state index in [0.29, 0.717) is 9.23 Å². The predicted molar refractivity (Wildman–Crippen MR) is 93.2 cm³/mol. The third kappa shape index (κ3) is 3.20. The highest BCUT2D eigenvalue weighted by atomic mass is 32.2. The number of nitrogens with zero attached hydrogens (tertiary/aromatic N) is 2. The second-order valence-corrected chi connectivity index (χ2v) is 6.75. The van der Waals surface area contributed by atoms with Crippen LogP contribution in [0.4, 0.5) is 5.69 Å².